The van der Waals surface area contributed by atoms with Crippen LogP contribution in [0.4, 0.5) is 13.2 Å². The molecule has 0 saturated carbocycles. The lowest BCUT2D eigenvalue weighted by atomic mass is 10.1. The Morgan fingerprint density at radius 3 is 2.45 bits per heavy atom. The van der Waals surface area contributed by atoms with Crippen LogP contribution in [0.5, 0.6) is 11.5 Å². The van der Waals surface area contributed by atoms with Crippen LogP contribution in [-0.2, 0) is 4.74 Å². The van der Waals surface area contributed by atoms with Gasteiger partial charge in [0.1, 0.15) is 13.2 Å². The SMILES string of the molecule is COc1cc([C@@H](C)O)ccc1OCCOCC(F)(F)F. The average molecular weight is 294 g/mol. The maximum absolute atomic E-state index is 11.8. The summed E-state index contributed by atoms with van der Waals surface area (Å²) in [5.74, 6) is 0.784. The fourth-order valence-corrected chi connectivity index (χ4v) is 1.46. The lowest BCUT2D eigenvalue weighted by Gasteiger charge is -2.13. The van der Waals surface area contributed by atoms with Crippen molar-refractivity contribution in [2.45, 2.75) is 19.2 Å². The standard InChI is InChI=1S/C13H17F3O4/c1-9(17)10-3-4-11(12(7-10)18-2)20-6-5-19-8-13(14,15)16/h3-4,7,9,17H,5-6,8H2,1-2H3/t9-/m1/s1. The van der Waals surface area contributed by atoms with Crippen molar-refractivity contribution in [3.63, 3.8) is 0 Å². The minimum Gasteiger partial charge on any atom is -0.493 e. The number of ether oxygens (including phenoxy) is 3. The first-order valence-corrected chi connectivity index (χ1v) is 5.97. The molecule has 1 aromatic rings. The zero-order valence-corrected chi connectivity index (χ0v) is 11.2. The van der Waals surface area contributed by atoms with E-state index in [1.165, 1.54) is 7.11 Å². The molecule has 7 heteroatoms. The Kier molecular flexibility index (Phi) is 6.09. The number of rotatable bonds is 7. The van der Waals surface area contributed by atoms with Gasteiger partial charge < -0.3 is 19.3 Å². The molecule has 0 saturated heterocycles. The van der Waals surface area contributed by atoms with Crippen LogP contribution >= 0.6 is 0 Å². The Labute approximate surface area is 115 Å². The summed E-state index contributed by atoms with van der Waals surface area (Å²) in [6.45, 7) is 0.107. The van der Waals surface area contributed by atoms with Crippen LogP contribution < -0.4 is 9.47 Å². The molecule has 0 aromatic heterocycles. The van der Waals surface area contributed by atoms with Crippen molar-refractivity contribution >= 4 is 0 Å². The summed E-state index contributed by atoms with van der Waals surface area (Å²) in [6, 6.07) is 4.85. The highest BCUT2D eigenvalue weighted by molar-refractivity contribution is 5.43. The Bertz CT molecular complexity index is 419. The monoisotopic (exact) mass is 294 g/mol. The Morgan fingerprint density at radius 1 is 1.20 bits per heavy atom. The van der Waals surface area contributed by atoms with Gasteiger partial charge in [0.05, 0.1) is 19.8 Å². The molecule has 0 heterocycles. The summed E-state index contributed by atoms with van der Waals surface area (Å²) in [5.41, 5.74) is 0.655. The molecule has 0 aliphatic carbocycles. The van der Waals surface area contributed by atoms with Gasteiger partial charge >= 0.3 is 6.18 Å². The molecule has 1 atom stereocenters. The molecule has 0 aliphatic heterocycles. The number of aliphatic hydroxyl groups is 1. The first-order valence-electron chi connectivity index (χ1n) is 5.97. The minimum absolute atomic E-state index is 0.0273. The van der Waals surface area contributed by atoms with Crippen LogP contribution in [0.1, 0.15) is 18.6 Å². The number of methoxy groups -OCH3 is 1. The normalized spacial score (nSPS) is 13.1. The van der Waals surface area contributed by atoms with Gasteiger partial charge in [0, 0.05) is 0 Å². The molecule has 0 aliphatic rings. The number of aliphatic hydroxyl groups excluding tert-OH is 1. The third kappa shape index (κ3) is 5.66. The fourth-order valence-electron chi connectivity index (χ4n) is 1.46. The maximum Gasteiger partial charge on any atom is 0.411 e. The number of hydrogen-bond acceptors (Lipinski definition) is 4. The van der Waals surface area contributed by atoms with Crippen LogP contribution in [-0.4, -0.2) is 38.2 Å². The van der Waals surface area contributed by atoms with E-state index in [1.807, 2.05) is 0 Å². The molecule has 20 heavy (non-hydrogen) atoms. The zero-order chi connectivity index (χ0) is 15.2. The van der Waals surface area contributed by atoms with Gasteiger partial charge in [0.2, 0.25) is 0 Å². The molecule has 0 spiro atoms. The quantitative estimate of drug-likeness (QED) is 0.786. The molecule has 4 nitrogen and oxygen atoms in total. The molecule has 1 rings (SSSR count). The second-order valence-electron chi connectivity index (χ2n) is 4.10. The van der Waals surface area contributed by atoms with Crippen molar-refractivity contribution in [3.05, 3.63) is 23.8 Å². The zero-order valence-electron chi connectivity index (χ0n) is 11.2. The number of benzene rings is 1. The highest BCUT2D eigenvalue weighted by atomic mass is 19.4. The minimum atomic E-state index is -4.34. The molecule has 114 valence electrons. The first kappa shape index (κ1) is 16.6. The number of halogens is 3. The van der Waals surface area contributed by atoms with Gasteiger partial charge in [-0.2, -0.15) is 13.2 Å². The Hall–Kier alpha value is -1.47. The van der Waals surface area contributed by atoms with Gasteiger partial charge in [-0.25, -0.2) is 0 Å². The third-order valence-electron chi connectivity index (χ3n) is 2.42. The van der Waals surface area contributed by atoms with Gasteiger partial charge in [-0.3, -0.25) is 0 Å². The second-order valence-corrected chi connectivity index (χ2v) is 4.10. The van der Waals surface area contributed by atoms with E-state index in [2.05, 4.69) is 4.74 Å². The van der Waals surface area contributed by atoms with Crippen molar-refractivity contribution in [1.29, 1.82) is 0 Å². The lowest BCUT2D eigenvalue weighted by Crippen LogP contribution is -2.19. The van der Waals surface area contributed by atoms with E-state index in [1.54, 1.807) is 25.1 Å². The molecule has 0 bridgehead atoms. The molecule has 0 amide bonds. The van der Waals surface area contributed by atoms with Gasteiger partial charge in [0.15, 0.2) is 11.5 Å². The van der Waals surface area contributed by atoms with Gasteiger partial charge in [-0.1, -0.05) is 6.07 Å². The second kappa shape index (κ2) is 7.35. The highest BCUT2D eigenvalue weighted by Gasteiger charge is 2.27. The van der Waals surface area contributed by atoms with Crippen molar-refractivity contribution in [1.82, 2.24) is 0 Å². The molecule has 0 fully saturated rings. The van der Waals surface area contributed by atoms with E-state index in [9.17, 15) is 18.3 Å². The van der Waals surface area contributed by atoms with Crippen molar-refractivity contribution in [2.24, 2.45) is 0 Å². The summed E-state index contributed by atoms with van der Waals surface area (Å²) in [7, 11) is 1.44. The van der Waals surface area contributed by atoms with Gasteiger partial charge in [0.25, 0.3) is 0 Å². The average Bonchev–Trinajstić information content (AvgIpc) is 2.36. The topological polar surface area (TPSA) is 47.9 Å². The van der Waals surface area contributed by atoms with Crippen LogP contribution in [0.15, 0.2) is 18.2 Å². The van der Waals surface area contributed by atoms with E-state index in [0.717, 1.165) is 0 Å². The number of hydrogen-bond donors (Lipinski definition) is 1. The van der Waals surface area contributed by atoms with Crippen molar-refractivity contribution < 1.29 is 32.5 Å². The molecule has 0 radical (unpaired) electrons. The van der Waals surface area contributed by atoms with Crippen LogP contribution in [0.2, 0.25) is 0 Å². The fraction of sp³-hybridized carbons (Fsp3) is 0.538. The number of alkyl halides is 3. The van der Waals surface area contributed by atoms with Crippen LogP contribution in [0.25, 0.3) is 0 Å². The van der Waals surface area contributed by atoms with E-state index >= 15 is 0 Å². The molecular formula is C13H17F3O4. The lowest BCUT2D eigenvalue weighted by molar-refractivity contribution is -0.175. The smallest absolute Gasteiger partial charge is 0.411 e. The van der Waals surface area contributed by atoms with Gasteiger partial charge in [-0.15, -0.1) is 0 Å². The molecule has 1 aromatic carbocycles. The maximum atomic E-state index is 11.8. The third-order valence-corrected chi connectivity index (χ3v) is 2.42. The predicted molar refractivity (Wildman–Crippen MR) is 66.0 cm³/mol. The largest absolute Gasteiger partial charge is 0.493 e. The van der Waals surface area contributed by atoms with Crippen molar-refractivity contribution in [3.8, 4) is 11.5 Å². The van der Waals surface area contributed by atoms with Crippen LogP contribution in [0.3, 0.4) is 0 Å². The van der Waals surface area contributed by atoms with Crippen molar-refractivity contribution in [2.75, 3.05) is 26.9 Å². The summed E-state index contributed by atoms with van der Waals surface area (Å²) >= 11 is 0. The van der Waals surface area contributed by atoms with E-state index < -0.39 is 18.9 Å². The highest BCUT2D eigenvalue weighted by Crippen LogP contribution is 2.30. The molecule has 0 unspecified atom stereocenters. The van der Waals surface area contributed by atoms with E-state index in [0.29, 0.717) is 17.1 Å². The predicted octanol–water partition coefficient (Wildman–Crippen LogP) is 2.71. The first-order chi connectivity index (χ1) is 9.33. The molecule has 1 N–H and O–H groups in total. The van der Waals surface area contributed by atoms with Gasteiger partial charge in [-0.05, 0) is 24.6 Å². The van der Waals surface area contributed by atoms with E-state index in [4.69, 9.17) is 9.47 Å². The summed E-state index contributed by atoms with van der Waals surface area (Å²) in [6.07, 6.45) is -4.98. The van der Waals surface area contributed by atoms with Crippen LogP contribution in [0, 0.1) is 0 Å². The molecular weight excluding hydrogens is 277 g/mol. The summed E-state index contributed by atoms with van der Waals surface area (Å²) in [4.78, 5) is 0. The Morgan fingerprint density at radius 2 is 1.90 bits per heavy atom. The summed E-state index contributed by atoms with van der Waals surface area (Å²) < 4.78 is 50.3. The summed E-state index contributed by atoms with van der Waals surface area (Å²) in [5, 5.41) is 9.43. The Balaban J connectivity index is 2.47. The van der Waals surface area contributed by atoms with E-state index in [-0.39, 0.29) is 13.2 Å².